The van der Waals surface area contributed by atoms with Gasteiger partial charge >= 0.3 is 0 Å². The summed E-state index contributed by atoms with van der Waals surface area (Å²) in [5.74, 6) is -0.388. The molecule has 0 fully saturated rings. The fourth-order valence-electron chi connectivity index (χ4n) is 1.48. The van der Waals surface area contributed by atoms with Gasteiger partial charge in [-0.2, -0.15) is 5.10 Å². The summed E-state index contributed by atoms with van der Waals surface area (Å²) >= 11 is 0. The standard InChI is InChI=1S/C12H12FN3O2/c1-16-6-9(5-15-16)7-18-12-3-2-10(14-8-17)4-11(12)13/h2-6,8H,7H2,1H3,(H,14,17). The lowest BCUT2D eigenvalue weighted by atomic mass is 10.3. The van der Waals surface area contributed by atoms with Gasteiger partial charge in [-0.05, 0) is 12.1 Å². The van der Waals surface area contributed by atoms with Gasteiger partial charge in [-0.25, -0.2) is 4.39 Å². The molecule has 0 unspecified atom stereocenters. The number of anilines is 1. The molecule has 1 heterocycles. The monoisotopic (exact) mass is 249 g/mol. The maximum atomic E-state index is 13.6. The molecule has 0 spiro atoms. The molecule has 0 atom stereocenters. The second-order valence-electron chi connectivity index (χ2n) is 3.72. The van der Waals surface area contributed by atoms with Gasteiger partial charge in [0.05, 0.1) is 6.20 Å². The maximum Gasteiger partial charge on any atom is 0.211 e. The molecule has 94 valence electrons. The summed E-state index contributed by atoms with van der Waals surface area (Å²) in [5, 5.41) is 6.35. The van der Waals surface area contributed by atoms with Crippen molar-refractivity contribution < 1.29 is 13.9 Å². The molecule has 6 heteroatoms. The highest BCUT2D eigenvalue weighted by molar-refractivity contribution is 5.71. The molecule has 2 aromatic rings. The van der Waals surface area contributed by atoms with Gasteiger partial charge in [-0.1, -0.05) is 0 Å². The van der Waals surface area contributed by atoms with Gasteiger partial charge in [-0.15, -0.1) is 0 Å². The van der Waals surface area contributed by atoms with Crippen molar-refractivity contribution in [1.82, 2.24) is 9.78 Å². The Hall–Kier alpha value is -2.37. The van der Waals surface area contributed by atoms with E-state index in [4.69, 9.17) is 4.74 Å². The number of aryl methyl sites for hydroxylation is 1. The lowest BCUT2D eigenvalue weighted by molar-refractivity contribution is -0.105. The predicted molar refractivity (Wildman–Crippen MR) is 63.6 cm³/mol. The lowest BCUT2D eigenvalue weighted by Crippen LogP contribution is -1.99. The number of benzene rings is 1. The molecule has 1 amide bonds. The number of rotatable bonds is 5. The quantitative estimate of drug-likeness (QED) is 0.821. The Kier molecular flexibility index (Phi) is 3.57. The number of ether oxygens (including phenoxy) is 1. The van der Waals surface area contributed by atoms with Gasteiger partial charge in [-0.3, -0.25) is 9.48 Å². The van der Waals surface area contributed by atoms with Crippen molar-refractivity contribution in [3.8, 4) is 5.75 Å². The SMILES string of the molecule is Cn1cc(COc2ccc(NC=O)cc2F)cn1. The first-order valence-electron chi connectivity index (χ1n) is 5.29. The predicted octanol–water partition coefficient (Wildman–Crippen LogP) is 1.71. The summed E-state index contributed by atoms with van der Waals surface area (Å²) < 4.78 is 20.5. The minimum absolute atomic E-state index is 0.135. The molecule has 0 bridgehead atoms. The molecule has 1 N–H and O–H groups in total. The molecular formula is C12H12FN3O2. The highest BCUT2D eigenvalue weighted by atomic mass is 19.1. The molecule has 0 radical (unpaired) electrons. The van der Waals surface area contributed by atoms with E-state index >= 15 is 0 Å². The van der Waals surface area contributed by atoms with Crippen molar-refractivity contribution in [2.45, 2.75) is 6.61 Å². The first-order valence-corrected chi connectivity index (χ1v) is 5.29. The first-order chi connectivity index (χ1) is 8.69. The average molecular weight is 249 g/mol. The van der Waals surface area contributed by atoms with Crippen molar-refractivity contribution in [1.29, 1.82) is 0 Å². The van der Waals surface area contributed by atoms with Crippen LogP contribution in [0, 0.1) is 5.82 Å². The van der Waals surface area contributed by atoms with Crippen LogP contribution in [0.25, 0.3) is 0 Å². The molecule has 2 rings (SSSR count). The van der Waals surface area contributed by atoms with E-state index < -0.39 is 5.82 Å². The number of aromatic nitrogens is 2. The highest BCUT2D eigenvalue weighted by Crippen LogP contribution is 2.21. The summed E-state index contributed by atoms with van der Waals surface area (Å²) in [4.78, 5) is 10.2. The van der Waals surface area contributed by atoms with Crippen molar-refractivity contribution >= 4 is 12.1 Å². The molecular weight excluding hydrogens is 237 g/mol. The number of carbonyl (C=O) groups is 1. The molecule has 0 saturated carbocycles. The molecule has 0 aliphatic rings. The largest absolute Gasteiger partial charge is 0.486 e. The van der Waals surface area contributed by atoms with E-state index in [2.05, 4.69) is 10.4 Å². The van der Waals surface area contributed by atoms with Crippen LogP contribution in [0.3, 0.4) is 0 Å². The van der Waals surface area contributed by atoms with E-state index in [0.29, 0.717) is 12.1 Å². The van der Waals surface area contributed by atoms with Crippen molar-refractivity contribution in [3.63, 3.8) is 0 Å². The second-order valence-corrected chi connectivity index (χ2v) is 3.72. The van der Waals surface area contributed by atoms with Gasteiger partial charge in [0.25, 0.3) is 0 Å². The lowest BCUT2D eigenvalue weighted by Gasteiger charge is -2.07. The van der Waals surface area contributed by atoms with Gasteiger partial charge in [0, 0.05) is 30.6 Å². The third-order valence-electron chi connectivity index (χ3n) is 2.31. The smallest absolute Gasteiger partial charge is 0.211 e. The summed E-state index contributed by atoms with van der Waals surface area (Å²) in [7, 11) is 1.80. The third-order valence-corrected chi connectivity index (χ3v) is 2.31. The van der Waals surface area contributed by atoms with Gasteiger partial charge in [0.2, 0.25) is 6.41 Å². The molecule has 5 nitrogen and oxygen atoms in total. The van der Waals surface area contributed by atoms with Crippen molar-refractivity contribution in [3.05, 3.63) is 42.0 Å². The Morgan fingerprint density at radius 1 is 1.56 bits per heavy atom. The van der Waals surface area contributed by atoms with Crippen molar-refractivity contribution in [2.24, 2.45) is 7.05 Å². The van der Waals surface area contributed by atoms with Crippen LogP contribution in [0.15, 0.2) is 30.6 Å². The molecule has 18 heavy (non-hydrogen) atoms. The Morgan fingerprint density at radius 2 is 2.39 bits per heavy atom. The second kappa shape index (κ2) is 5.31. The van der Waals surface area contributed by atoms with E-state index in [-0.39, 0.29) is 12.4 Å². The van der Waals surface area contributed by atoms with E-state index in [0.717, 1.165) is 5.56 Å². The Labute approximate surface area is 103 Å². The van der Waals surface area contributed by atoms with Gasteiger partial charge in [0.1, 0.15) is 6.61 Å². The number of nitrogens with zero attached hydrogens (tertiary/aromatic N) is 2. The zero-order chi connectivity index (χ0) is 13.0. The topological polar surface area (TPSA) is 56.1 Å². The molecule has 1 aromatic heterocycles. The number of amides is 1. The van der Waals surface area contributed by atoms with Gasteiger partial charge < -0.3 is 10.1 Å². The van der Waals surface area contributed by atoms with Crippen LogP contribution in [0.5, 0.6) is 5.75 Å². The average Bonchev–Trinajstić information content (AvgIpc) is 2.74. The van der Waals surface area contributed by atoms with E-state index in [1.54, 1.807) is 30.2 Å². The van der Waals surface area contributed by atoms with E-state index in [1.165, 1.54) is 12.1 Å². The number of hydrogen-bond donors (Lipinski definition) is 1. The van der Waals surface area contributed by atoms with Crippen LogP contribution in [-0.2, 0) is 18.4 Å². The minimum Gasteiger partial charge on any atom is -0.486 e. The number of carbonyl (C=O) groups excluding carboxylic acids is 1. The van der Waals surface area contributed by atoms with Crippen LogP contribution < -0.4 is 10.1 Å². The van der Waals surface area contributed by atoms with Gasteiger partial charge in [0.15, 0.2) is 11.6 Å². The first kappa shape index (κ1) is 12.1. The Balaban J connectivity index is 2.03. The third kappa shape index (κ3) is 2.85. The van der Waals surface area contributed by atoms with Crippen molar-refractivity contribution in [2.75, 3.05) is 5.32 Å². The summed E-state index contributed by atoms with van der Waals surface area (Å²) in [6.07, 6.45) is 3.94. The zero-order valence-electron chi connectivity index (χ0n) is 9.76. The fraction of sp³-hybridized carbons (Fsp3) is 0.167. The minimum atomic E-state index is -0.522. The van der Waals surface area contributed by atoms with Crippen LogP contribution in [0.4, 0.5) is 10.1 Å². The highest BCUT2D eigenvalue weighted by Gasteiger charge is 2.05. The van der Waals surface area contributed by atoms with Crippen LogP contribution in [0.2, 0.25) is 0 Å². The van der Waals surface area contributed by atoms with E-state index in [1.807, 2.05) is 0 Å². The molecule has 0 saturated heterocycles. The van der Waals surface area contributed by atoms with E-state index in [9.17, 15) is 9.18 Å². The Bertz CT molecular complexity index is 554. The maximum absolute atomic E-state index is 13.6. The molecule has 0 aliphatic heterocycles. The summed E-state index contributed by atoms with van der Waals surface area (Å²) in [6, 6.07) is 4.24. The number of hydrogen-bond acceptors (Lipinski definition) is 3. The zero-order valence-corrected chi connectivity index (χ0v) is 9.76. The fourth-order valence-corrected chi connectivity index (χ4v) is 1.48. The van der Waals surface area contributed by atoms with Crippen LogP contribution >= 0.6 is 0 Å². The summed E-state index contributed by atoms with van der Waals surface area (Å²) in [5.41, 5.74) is 1.24. The summed E-state index contributed by atoms with van der Waals surface area (Å²) in [6.45, 7) is 0.241. The normalized spacial score (nSPS) is 10.1. The molecule has 1 aromatic carbocycles. The number of nitrogens with one attached hydrogen (secondary N) is 1. The molecule has 0 aliphatic carbocycles. The Morgan fingerprint density at radius 3 is 3.00 bits per heavy atom. The van der Waals surface area contributed by atoms with Crippen LogP contribution in [0.1, 0.15) is 5.56 Å². The number of halogens is 1. The van der Waals surface area contributed by atoms with Crippen LogP contribution in [-0.4, -0.2) is 16.2 Å².